The maximum absolute atomic E-state index is 11.8. The van der Waals surface area contributed by atoms with Crippen molar-refractivity contribution in [3.8, 4) is 12.3 Å². The Morgan fingerprint density at radius 1 is 1.71 bits per heavy atom. The molecule has 0 aromatic rings. The van der Waals surface area contributed by atoms with E-state index in [0.717, 1.165) is 19.4 Å². The molecular weight excluding hydrogens is 176 g/mol. The molecule has 1 rings (SSSR count). The molecule has 78 valence electrons. The normalized spacial score (nSPS) is 26.6. The third-order valence-corrected chi connectivity index (χ3v) is 2.68. The highest BCUT2D eigenvalue weighted by atomic mass is 16.2. The summed E-state index contributed by atoms with van der Waals surface area (Å²) in [5, 5.41) is 3.33. The van der Waals surface area contributed by atoms with Gasteiger partial charge in [0.05, 0.1) is 6.54 Å². The zero-order chi connectivity index (χ0) is 10.6. The number of hydrogen-bond donors (Lipinski definition) is 1. The molecule has 0 aromatic carbocycles. The minimum Gasteiger partial charge on any atom is -0.334 e. The molecule has 0 saturated carbocycles. The van der Waals surface area contributed by atoms with Gasteiger partial charge in [-0.1, -0.05) is 5.92 Å². The van der Waals surface area contributed by atoms with Gasteiger partial charge in [-0.05, 0) is 26.3 Å². The highest BCUT2D eigenvalue weighted by molar-refractivity contribution is 5.79. The zero-order valence-electron chi connectivity index (χ0n) is 8.92. The Labute approximate surface area is 85.9 Å². The van der Waals surface area contributed by atoms with Crippen LogP contribution in [0.4, 0.5) is 0 Å². The summed E-state index contributed by atoms with van der Waals surface area (Å²) in [6.45, 7) is 3.46. The van der Waals surface area contributed by atoms with Crippen molar-refractivity contribution in [2.45, 2.75) is 25.8 Å². The van der Waals surface area contributed by atoms with Crippen LogP contribution in [-0.2, 0) is 4.79 Å². The van der Waals surface area contributed by atoms with E-state index in [-0.39, 0.29) is 11.8 Å². The quantitative estimate of drug-likeness (QED) is 0.648. The lowest BCUT2D eigenvalue weighted by atomic mass is 9.92. The van der Waals surface area contributed by atoms with Crippen LogP contribution in [-0.4, -0.2) is 37.0 Å². The van der Waals surface area contributed by atoms with Crippen molar-refractivity contribution in [3.05, 3.63) is 0 Å². The van der Waals surface area contributed by atoms with E-state index in [1.807, 2.05) is 0 Å². The molecule has 0 aliphatic carbocycles. The van der Waals surface area contributed by atoms with Crippen molar-refractivity contribution >= 4 is 5.91 Å². The SMILES string of the molecule is C#CCN(C)C(=O)C1CCNC(C)C1. The van der Waals surface area contributed by atoms with Crippen LogP contribution in [0.25, 0.3) is 0 Å². The number of rotatable bonds is 2. The lowest BCUT2D eigenvalue weighted by Gasteiger charge is -2.29. The average molecular weight is 194 g/mol. The minimum absolute atomic E-state index is 0.157. The van der Waals surface area contributed by atoms with Crippen molar-refractivity contribution in [1.82, 2.24) is 10.2 Å². The van der Waals surface area contributed by atoms with Crippen LogP contribution in [0.3, 0.4) is 0 Å². The summed E-state index contributed by atoms with van der Waals surface area (Å²) in [6, 6.07) is 0.442. The predicted molar refractivity (Wildman–Crippen MR) is 56.7 cm³/mol. The molecule has 3 heteroatoms. The summed E-state index contributed by atoms with van der Waals surface area (Å²) in [5.74, 6) is 2.84. The van der Waals surface area contributed by atoms with Crippen LogP contribution >= 0.6 is 0 Å². The van der Waals surface area contributed by atoms with Gasteiger partial charge >= 0.3 is 0 Å². The summed E-state index contributed by atoms with van der Waals surface area (Å²) in [5.41, 5.74) is 0. The highest BCUT2D eigenvalue weighted by Gasteiger charge is 2.26. The number of carbonyl (C=O) groups excluding carboxylic acids is 1. The smallest absolute Gasteiger partial charge is 0.226 e. The van der Waals surface area contributed by atoms with Gasteiger partial charge in [0.2, 0.25) is 5.91 Å². The van der Waals surface area contributed by atoms with E-state index in [9.17, 15) is 4.79 Å². The van der Waals surface area contributed by atoms with Gasteiger partial charge in [-0.15, -0.1) is 6.42 Å². The molecule has 1 fully saturated rings. The zero-order valence-corrected chi connectivity index (χ0v) is 8.92. The third kappa shape index (κ3) is 2.74. The van der Waals surface area contributed by atoms with E-state index < -0.39 is 0 Å². The number of hydrogen-bond acceptors (Lipinski definition) is 2. The van der Waals surface area contributed by atoms with Crippen molar-refractivity contribution in [2.24, 2.45) is 5.92 Å². The molecule has 1 aliphatic heterocycles. The molecule has 0 radical (unpaired) electrons. The van der Waals surface area contributed by atoms with Crippen LogP contribution in [0.2, 0.25) is 0 Å². The van der Waals surface area contributed by atoms with E-state index >= 15 is 0 Å². The Hall–Kier alpha value is -1.01. The number of carbonyl (C=O) groups is 1. The van der Waals surface area contributed by atoms with Gasteiger partial charge in [-0.3, -0.25) is 4.79 Å². The average Bonchev–Trinajstić information content (AvgIpc) is 2.17. The van der Waals surface area contributed by atoms with Crippen LogP contribution in [0.15, 0.2) is 0 Å². The number of piperidine rings is 1. The van der Waals surface area contributed by atoms with Crippen LogP contribution in [0.5, 0.6) is 0 Å². The van der Waals surface area contributed by atoms with E-state index in [1.54, 1.807) is 11.9 Å². The first kappa shape index (κ1) is 11.1. The van der Waals surface area contributed by atoms with Gasteiger partial charge < -0.3 is 10.2 Å². The molecule has 2 unspecified atom stereocenters. The second-order valence-electron chi connectivity index (χ2n) is 3.97. The molecule has 2 atom stereocenters. The highest BCUT2D eigenvalue weighted by Crippen LogP contribution is 2.17. The van der Waals surface area contributed by atoms with Crippen molar-refractivity contribution in [3.63, 3.8) is 0 Å². The molecule has 14 heavy (non-hydrogen) atoms. The van der Waals surface area contributed by atoms with Gasteiger partial charge in [-0.2, -0.15) is 0 Å². The fraction of sp³-hybridized carbons (Fsp3) is 0.727. The summed E-state index contributed by atoms with van der Waals surface area (Å²) >= 11 is 0. The summed E-state index contributed by atoms with van der Waals surface area (Å²) in [4.78, 5) is 13.5. The number of terminal acetylenes is 1. The maximum atomic E-state index is 11.8. The summed E-state index contributed by atoms with van der Waals surface area (Å²) in [7, 11) is 1.77. The van der Waals surface area contributed by atoms with E-state index in [2.05, 4.69) is 18.2 Å². The molecule has 1 heterocycles. The van der Waals surface area contributed by atoms with Crippen LogP contribution < -0.4 is 5.32 Å². The van der Waals surface area contributed by atoms with E-state index in [4.69, 9.17) is 6.42 Å². The first-order valence-electron chi connectivity index (χ1n) is 5.07. The Bertz CT molecular complexity index is 244. The predicted octanol–water partition coefficient (Wildman–Crippen LogP) is 0.466. The lowest BCUT2D eigenvalue weighted by molar-refractivity contribution is -0.134. The van der Waals surface area contributed by atoms with E-state index in [1.165, 1.54) is 0 Å². The largest absolute Gasteiger partial charge is 0.334 e. The van der Waals surface area contributed by atoms with Crippen molar-refractivity contribution in [1.29, 1.82) is 0 Å². The second kappa shape index (κ2) is 5.02. The Kier molecular flexibility index (Phi) is 3.97. The van der Waals surface area contributed by atoms with Crippen molar-refractivity contribution < 1.29 is 4.79 Å². The topological polar surface area (TPSA) is 32.3 Å². The van der Waals surface area contributed by atoms with Gasteiger partial charge in [-0.25, -0.2) is 0 Å². The molecule has 0 spiro atoms. The minimum atomic E-state index is 0.157. The van der Waals surface area contributed by atoms with Gasteiger partial charge in [0.1, 0.15) is 0 Å². The summed E-state index contributed by atoms with van der Waals surface area (Å²) < 4.78 is 0. The van der Waals surface area contributed by atoms with Crippen LogP contribution in [0, 0.1) is 18.3 Å². The summed E-state index contributed by atoms with van der Waals surface area (Å²) in [6.07, 6.45) is 7.02. The third-order valence-electron chi connectivity index (χ3n) is 2.68. The molecule has 1 amide bonds. The standard InChI is InChI=1S/C11H18N2O/c1-4-7-13(3)11(14)10-5-6-12-9(2)8-10/h1,9-10,12H,5-8H2,2-3H3. The second-order valence-corrected chi connectivity index (χ2v) is 3.97. The van der Waals surface area contributed by atoms with Crippen LogP contribution in [0.1, 0.15) is 19.8 Å². The molecule has 3 nitrogen and oxygen atoms in total. The van der Waals surface area contributed by atoms with Gasteiger partial charge in [0.25, 0.3) is 0 Å². The maximum Gasteiger partial charge on any atom is 0.226 e. The monoisotopic (exact) mass is 194 g/mol. The Morgan fingerprint density at radius 2 is 2.43 bits per heavy atom. The number of amides is 1. The van der Waals surface area contributed by atoms with Crippen molar-refractivity contribution in [2.75, 3.05) is 20.1 Å². The Balaban J connectivity index is 2.47. The molecule has 1 aliphatic rings. The van der Waals surface area contributed by atoms with Gasteiger partial charge in [0.15, 0.2) is 0 Å². The molecule has 0 bridgehead atoms. The van der Waals surface area contributed by atoms with Gasteiger partial charge in [0, 0.05) is 19.0 Å². The molecular formula is C11H18N2O. The fourth-order valence-corrected chi connectivity index (χ4v) is 1.88. The first-order valence-corrected chi connectivity index (χ1v) is 5.07. The molecule has 1 saturated heterocycles. The Morgan fingerprint density at radius 3 is 3.00 bits per heavy atom. The van der Waals surface area contributed by atoms with E-state index in [0.29, 0.717) is 12.6 Å². The lowest BCUT2D eigenvalue weighted by Crippen LogP contribution is -2.43. The number of nitrogens with zero attached hydrogens (tertiary/aromatic N) is 1. The number of nitrogens with one attached hydrogen (secondary N) is 1. The fourth-order valence-electron chi connectivity index (χ4n) is 1.88. The molecule has 0 aromatic heterocycles. The molecule has 1 N–H and O–H groups in total. The first-order chi connectivity index (χ1) is 6.65.